The lowest BCUT2D eigenvalue weighted by atomic mass is 10.1. The van der Waals surface area contributed by atoms with Crippen molar-refractivity contribution in [3.8, 4) is 0 Å². The topological polar surface area (TPSA) is 36.4 Å². The van der Waals surface area contributed by atoms with Crippen molar-refractivity contribution in [3.05, 3.63) is 35.4 Å². The number of thiocarbonyl (C=S) groups is 1. The van der Waals surface area contributed by atoms with Gasteiger partial charge in [-0.15, -0.1) is 0 Å². The Bertz CT molecular complexity index is 498. The van der Waals surface area contributed by atoms with Crippen LogP contribution in [0.1, 0.15) is 25.3 Å². The smallest absolute Gasteiger partial charge is 0.187 e. The summed E-state index contributed by atoms with van der Waals surface area (Å²) in [4.78, 5) is 0. The van der Waals surface area contributed by atoms with Crippen molar-refractivity contribution in [2.75, 3.05) is 0 Å². The molecule has 1 aromatic carbocycles. The maximum atomic E-state index is 13.0. The molecule has 18 heavy (non-hydrogen) atoms. The van der Waals surface area contributed by atoms with Gasteiger partial charge in [-0.05, 0) is 50.2 Å². The highest BCUT2D eigenvalue weighted by Crippen LogP contribution is 2.18. The number of nitrogens with zero attached hydrogens (tertiary/aromatic N) is 1. The number of hydrazone groups is 1. The van der Waals surface area contributed by atoms with E-state index >= 15 is 0 Å². The van der Waals surface area contributed by atoms with Gasteiger partial charge < -0.3 is 5.32 Å². The van der Waals surface area contributed by atoms with Crippen molar-refractivity contribution in [2.24, 2.45) is 5.10 Å². The van der Waals surface area contributed by atoms with Crippen molar-refractivity contribution < 1.29 is 8.78 Å². The van der Waals surface area contributed by atoms with Crippen LogP contribution in [0, 0.1) is 11.6 Å². The van der Waals surface area contributed by atoms with Crippen LogP contribution < -0.4 is 10.7 Å². The summed E-state index contributed by atoms with van der Waals surface area (Å²) >= 11 is 5.02. The quantitative estimate of drug-likeness (QED) is 0.502. The van der Waals surface area contributed by atoms with Crippen molar-refractivity contribution in [1.29, 1.82) is 0 Å². The van der Waals surface area contributed by atoms with Crippen molar-refractivity contribution in [3.63, 3.8) is 0 Å². The van der Waals surface area contributed by atoms with Gasteiger partial charge in [0.05, 0.1) is 5.71 Å². The number of hydrogen-bond acceptors (Lipinski definition) is 2. The minimum Gasteiger partial charge on any atom is -0.359 e. The zero-order chi connectivity index (χ0) is 13.1. The Balaban J connectivity index is 1.97. The van der Waals surface area contributed by atoms with E-state index in [-0.39, 0.29) is 0 Å². The van der Waals surface area contributed by atoms with Crippen molar-refractivity contribution in [1.82, 2.24) is 10.7 Å². The van der Waals surface area contributed by atoms with Gasteiger partial charge in [-0.3, -0.25) is 5.43 Å². The van der Waals surface area contributed by atoms with E-state index in [1.807, 2.05) is 0 Å². The largest absolute Gasteiger partial charge is 0.359 e. The third kappa shape index (κ3) is 3.46. The molecule has 1 aliphatic rings. The van der Waals surface area contributed by atoms with E-state index in [1.165, 1.54) is 6.07 Å². The first kappa shape index (κ1) is 12.9. The summed E-state index contributed by atoms with van der Waals surface area (Å²) < 4.78 is 25.8. The van der Waals surface area contributed by atoms with Crippen LogP contribution in [0.3, 0.4) is 0 Å². The summed E-state index contributed by atoms with van der Waals surface area (Å²) in [6.07, 6.45) is 2.24. The molecular weight excluding hydrogens is 256 g/mol. The summed E-state index contributed by atoms with van der Waals surface area (Å²) in [5.74, 6) is -1.76. The molecule has 0 heterocycles. The fraction of sp³-hybridized carbons (Fsp3) is 0.333. The number of hydrogen-bond donors (Lipinski definition) is 2. The minimum absolute atomic E-state index is 0.444. The molecule has 3 nitrogen and oxygen atoms in total. The molecule has 0 bridgehead atoms. The second-order valence-corrected chi connectivity index (χ2v) is 4.59. The van der Waals surface area contributed by atoms with Gasteiger partial charge >= 0.3 is 0 Å². The zero-order valence-corrected chi connectivity index (χ0v) is 10.7. The van der Waals surface area contributed by atoms with Gasteiger partial charge in [0.25, 0.3) is 0 Å². The predicted octanol–water partition coefficient (Wildman–Crippen LogP) is 2.32. The van der Waals surface area contributed by atoms with Gasteiger partial charge in [0.15, 0.2) is 16.7 Å². The maximum Gasteiger partial charge on any atom is 0.187 e. The number of nitrogens with one attached hydrogen (secondary N) is 2. The summed E-state index contributed by atoms with van der Waals surface area (Å²) in [5, 5.41) is 7.52. The Hall–Kier alpha value is -1.56. The second-order valence-electron chi connectivity index (χ2n) is 4.19. The monoisotopic (exact) mass is 269 g/mol. The molecule has 1 aromatic rings. The summed E-state index contributed by atoms with van der Waals surface area (Å²) in [5.41, 5.74) is 3.72. The minimum atomic E-state index is -0.888. The molecule has 0 radical (unpaired) electrons. The van der Waals surface area contributed by atoms with E-state index in [0.29, 0.717) is 22.4 Å². The van der Waals surface area contributed by atoms with Gasteiger partial charge in [0.2, 0.25) is 0 Å². The van der Waals surface area contributed by atoms with Crippen LogP contribution in [0.2, 0.25) is 0 Å². The van der Waals surface area contributed by atoms with Gasteiger partial charge in [-0.2, -0.15) is 5.10 Å². The van der Waals surface area contributed by atoms with E-state index in [0.717, 1.165) is 25.0 Å². The van der Waals surface area contributed by atoms with E-state index in [1.54, 1.807) is 6.92 Å². The highest BCUT2D eigenvalue weighted by atomic mass is 32.1. The first-order chi connectivity index (χ1) is 8.56. The van der Waals surface area contributed by atoms with Crippen LogP contribution >= 0.6 is 12.2 Å². The van der Waals surface area contributed by atoms with Gasteiger partial charge in [-0.25, -0.2) is 8.78 Å². The van der Waals surface area contributed by atoms with Crippen LogP contribution in [0.15, 0.2) is 23.3 Å². The molecular formula is C12H13F2N3S. The normalized spacial score (nSPS) is 15.4. The Morgan fingerprint density at radius 1 is 1.33 bits per heavy atom. The van der Waals surface area contributed by atoms with Gasteiger partial charge in [-0.1, -0.05) is 0 Å². The molecule has 1 saturated carbocycles. The Kier molecular flexibility index (Phi) is 3.86. The molecule has 0 amide bonds. The summed E-state index contributed by atoms with van der Waals surface area (Å²) in [6, 6.07) is 4.09. The second kappa shape index (κ2) is 5.39. The molecule has 1 aliphatic carbocycles. The first-order valence-electron chi connectivity index (χ1n) is 5.62. The average molecular weight is 269 g/mol. The SMILES string of the molecule is C/C(=N\NC(=S)NC1CC1)c1ccc(F)c(F)c1. The van der Waals surface area contributed by atoms with Crippen LogP contribution in [-0.4, -0.2) is 16.9 Å². The molecule has 96 valence electrons. The van der Waals surface area contributed by atoms with Gasteiger partial charge in [0.1, 0.15) is 0 Å². The fourth-order valence-electron chi connectivity index (χ4n) is 1.37. The molecule has 0 spiro atoms. The van der Waals surface area contributed by atoms with E-state index < -0.39 is 11.6 Å². The molecule has 0 atom stereocenters. The van der Waals surface area contributed by atoms with Gasteiger partial charge in [0, 0.05) is 11.6 Å². The van der Waals surface area contributed by atoms with Crippen LogP contribution in [0.5, 0.6) is 0 Å². The third-order valence-corrected chi connectivity index (χ3v) is 2.78. The Morgan fingerprint density at radius 2 is 2.06 bits per heavy atom. The zero-order valence-electron chi connectivity index (χ0n) is 9.84. The van der Waals surface area contributed by atoms with Crippen LogP contribution in [0.25, 0.3) is 0 Å². The van der Waals surface area contributed by atoms with E-state index in [9.17, 15) is 8.78 Å². The molecule has 2 N–H and O–H groups in total. The average Bonchev–Trinajstić information content (AvgIpc) is 3.13. The number of benzene rings is 1. The van der Waals surface area contributed by atoms with E-state index in [4.69, 9.17) is 12.2 Å². The lowest BCUT2D eigenvalue weighted by Gasteiger charge is -2.06. The Morgan fingerprint density at radius 3 is 2.67 bits per heavy atom. The first-order valence-corrected chi connectivity index (χ1v) is 6.03. The third-order valence-electron chi connectivity index (χ3n) is 2.58. The molecule has 2 rings (SSSR count). The molecule has 0 unspecified atom stereocenters. The summed E-state index contributed by atoms with van der Waals surface area (Å²) in [6.45, 7) is 1.69. The molecule has 0 saturated heterocycles. The lowest BCUT2D eigenvalue weighted by Crippen LogP contribution is -2.34. The number of halogens is 2. The highest BCUT2D eigenvalue weighted by Gasteiger charge is 2.21. The molecule has 0 aromatic heterocycles. The van der Waals surface area contributed by atoms with E-state index in [2.05, 4.69) is 15.8 Å². The highest BCUT2D eigenvalue weighted by molar-refractivity contribution is 7.80. The van der Waals surface area contributed by atoms with Crippen LogP contribution in [0.4, 0.5) is 8.78 Å². The lowest BCUT2D eigenvalue weighted by molar-refractivity contribution is 0.508. The maximum absolute atomic E-state index is 13.0. The molecule has 6 heteroatoms. The molecule has 1 fully saturated rings. The van der Waals surface area contributed by atoms with Crippen molar-refractivity contribution >= 4 is 23.0 Å². The summed E-state index contributed by atoms with van der Waals surface area (Å²) in [7, 11) is 0. The number of rotatable bonds is 3. The molecule has 0 aliphatic heterocycles. The van der Waals surface area contributed by atoms with Crippen molar-refractivity contribution in [2.45, 2.75) is 25.8 Å². The van der Waals surface area contributed by atoms with Crippen LogP contribution in [-0.2, 0) is 0 Å². The Labute approximate surface area is 109 Å². The predicted molar refractivity (Wildman–Crippen MR) is 70.5 cm³/mol. The fourth-order valence-corrected chi connectivity index (χ4v) is 1.58. The standard InChI is InChI=1S/C12H13F2N3S/c1-7(8-2-5-10(13)11(14)6-8)16-17-12(18)15-9-3-4-9/h2,5-6,9H,3-4H2,1H3,(H2,15,17,18)/b16-7+.